The van der Waals surface area contributed by atoms with Crippen molar-refractivity contribution in [3.05, 3.63) is 60.2 Å². The number of hydrogen-bond acceptors (Lipinski definition) is 4. The Morgan fingerprint density at radius 2 is 1.61 bits per heavy atom. The van der Waals surface area contributed by atoms with Crippen LogP contribution >= 0.6 is 0 Å². The van der Waals surface area contributed by atoms with Crippen molar-refractivity contribution in [1.29, 1.82) is 5.26 Å². The van der Waals surface area contributed by atoms with Gasteiger partial charge in [0, 0.05) is 5.56 Å². The highest BCUT2D eigenvalue weighted by atomic mass is 16.5. The Morgan fingerprint density at radius 1 is 0.944 bits per heavy atom. The molecule has 0 spiro atoms. The molecule has 0 radical (unpaired) electrons. The minimum atomic E-state index is -2.50. The molecule has 0 atom stereocenters. The maximum absolute atomic E-state index is 9.42. The first-order valence-corrected chi connectivity index (χ1v) is 5.31. The fourth-order valence-corrected chi connectivity index (χ4v) is 1.47. The van der Waals surface area contributed by atoms with Crippen molar-refractivity contribution in [2.45, 2.75) is 5.79 Å². The van der Waals surface area contributed by atoms with Crippen LogP contribution in [0, 0.1) is 11.3 Å². The lowest BCUT2D eigenvalue weighted by Gasteiger charge is -2.14. The van der Waals surface area contributed by atoms with E-state index in [-0.39, 0.29) is 5.56 Å². The Balaban J connectivity index is 2.27. The number of aliphatic hydroxyl groups is 2. The van der Waals surface area contributed by atoms with E-state index in [0.29, 0.717) is 11.5 Å². The summed E-state index contributed by atoms with van der Waals surface area (Å²) in [5, 5.41) is 27.5. The standard InChI is InChI=1S/C14H11NO3/c15-10-14(16,17)11-5-4-8-13(9-11)18-12-6-2-1-3-7-12/h1-9,16-17H. The van der Waals surface area contributed by atoms with Gasteiger partial charge in [0.05, 0.1) is 0 Å². The van der Waals surface area contributed by atoms with Crippen LogP contribution in [0.3, 0.4) is 0 Å². The smallest absolute Gasteiger partial charge is 0.282 e. The van der Waals surface area contributed by atoms with Gasteiger partial charge in [-0.15, -0.1) is 0 Å². The fraction of sp³-hybridized carbons (Fsp3) is 0.0714. The van der Waals surface area contributed by atoms with Crippen LogP contribution in [-0.2, 0) is 5.79 Å². The Morgan fingerprint density at radius 3 is 2.28 bits per heavy atom. The van der Waals surface area contributed by atoms with Crippen molar-refractivity contribution in [3.8, 4) is 17.6 Å². The van der Waals surface area contributed by atoms with Gasteiger partial charge in [-0.1, -0.05) is 30.3 Å². The van der Waals surface area contributed by atoms with Crippen molar-refractivity contribution in [1.82, 2.24) is 0 Å². The molecule has 0 bridgehead atoms. The number of benzene rings is 2. The molecule has 4 heteroatoms. The Labute approximate surface area is 104 Å². The molecule has 0 aromatic heterocycles. The molecular weight excluding hydrogens is 230 g/mol. The molecule has 18 heavy (non-hydrogen) atoms. The highest BCUT2D eigenvalue weighted by molar-refractivity contribution is 5.36. The lowest BCUT2D eigenvalue weighted by atomic mass is 10.1. The summed E-state index contributed by atoms with van der Waals surface area (Å²) >= 11 is 0. The van der Waals surface area contributed by atoms with E-state index < -0.39 is 5.79 Å². The summed E-state index contributed by atoms with van der Waals surface area (Å²) in [6, 6.07) is 16.6. The second kappa shape index (κ2) is 4.88. The van der Waals surface area contributed by atoms with Gasteiger partial charge < -0.3 is 14.9 Å². The number of hydrogen-bond donors (Lipinski definition) is 2. The third-order valence-electron chi connectivity index (χ3n) is 2.37. The van der Waals surface area contributed by atoms with Crippen molar-refractivity contribution >= 4 is 0 Å². The lowest BCUT2D eigenvalue weighted by molar-refractivity contribution is -0.117. The maximum Gasteiger partial charge on any atom is 0.282 e. The van der Waals surface area contributed by atoms with Crippen LogP contribution in [0.5, 0.6) is 11.5 Å². The van der Waals surface area contributed by atoms with Gasteiger partial charge >= 0.3 is 0 Å². The van der Waals surface area contributed by atoms with Crippen LogP contribution in [0.1, 0.15) is 5.56 Å². The normalized spacial score (nSPS) is 10.7. The summed E-state index contributed by atoms with van der Waals surface area (Å²) in [5.74, 6) is -1.44. The van der Waals surface area contributed by atoms with Gasteiger partial charge in [0.25, 0.3) is 5.79 Å². The first-order chi connectivity index (χ1) is 8.62. The van der Waals surface area contributed by atoms with Crippen molar-refractivity contribution in [3.63, 3.8) is 0 Å². The van der Waals surface area contributed by atoms with E-state index in [2.05, 4.69) is 0 Å². The van der Waals surface area contributed by atoms with E-state index in [1.54, 1.807) is 24.3 Å². The second-order valence-corrected chi connectivity index (χ2v) is 3.73. The maximum atomic E-state index is 9.42. The van der Waals surface area contributed by atoms with Gasteiger partial charge in [0.2, 0.25) is 0 Å². The molecule has 0 unspecified atom stereocenters. The van der Waals surface area contributed by atoms with E-state index >= 15 is 0 Å². The molecule has 2 aromatic carbocycles. The molecule has 0 saturated heterocycles. The summed E-state index contributed by atoms with van der Waals surface area (Å²) in [4.78, 5) is 0. The minimum Gasteiger partial charge on any atom is -0.457 e. The van der Waals surface area contributed by atoms with Gasteiger partial charge in [-0.3, -0.25) is 0 Å². The third-order valence-corrected chi connectivity index (χ3v) is 2.37. The van der Waals surface area contributed by atoms with Gasteiger partial charge in [0.15, 0.2) is 0 Å². The Hall–Kier alpha value is -2.35. The molecule has 2 rings (SSSR count). The fourth-order valence-electron chi connectivity index (χ4n) is 1.47. The molecule has 4 nitrogen and oxygen atoms in total. The van der Waals surface area contributed by atoms with Crippen LogP contribution in [0.25, 0.3) is 0 Å². The molecular formula is C14H11NO3. The molecule has 2 aromatic rings. The number of nitriles is 1. The average Bonchev–Trinajstić information content (AvgIpc) is 2.40. The summed E-state index contributed by atoms with van der Waals surface area (Å²) < 4.78 is 5.53. The van der Waals surface area contributed by atoms with E-state index in [9.17, 15) is 10.2 Å². The zero-order valence-corrected chi connectivity index (χ0v) is 9.45. The highest BCUT2D eigenvalue weighted by Gasteiger charge is 2.25. The molecule has 0 aliphatic carbocycles. The average molecular weight is 241 g/mol. The zero-order valence-electron chi connectivity index (χ0n) is 9.45. The van der Waals surface area contributed by atoms with Gasteiger partial charge in [-0.2, -0.15) is 5.26 Å². The quantitative estimate of drug-likeness (QED) is 0.637. The highest BCUT2D eigenvalue weighted by Crippen LogP contribution is 2.25. The molecule has 0 aliphatic heterocycles. The monoisotopic (exact) mass is 241 g/mol. The number of ether oxygens (including phenoxy) is 1. The Kier molecular flexibility index (Phi) is 3.28. The summed E-state index contributed by atoms with van der Waals surface area (Å²) in [6.07, 6.45) is 0. The first kappa shape index (κ1) is 12.1. The number of rotatable bonds is 3. The molecule has 0 saturated carbocycles. The number of nitrogens with zero attached hydrogens (tertiary/aromatic N) is 1. The van der Waals surface area contributed by atoms with Crippen LogP contribution < -0.4 is 4.74 Å². The van der Waals surface area contributed by atoms with Crippen molar-refractivity contribution in [2.24, 2.45) is 0 Å². The molecule has 90 valence electrons. The second-order valence-electron chi connectivity index (χ2n) is 3.73. The van der Waals surface area contributed by atoms with Crippen LogP contribution in [-0.4, -0.2) is 10.2 Å². The van der Waals surface area contributed by atoms with Crippen LogP contribution in [0.15, 0.2) is 54.6 Å². The van der Waals surface area contributed by atoms with E-state index in [1.807, 2.05) is 18.2 Å². The molecule has 0 amide bonds. The molecule has 0 fully saturated rings. The van der Waals surface area contributed by atoms with Gasteiger partial charge in [0.1, 0.15) is 17.6 Å². The molecule has 2 N–H and O–H groups in total. The van der Waals surface area contributed by atoms with Crippen molar-refractivity contribution < 1.29 is 14.9 Å². The van der Waals surface area contributed by atoms with Crippen LogP contribution in [0.2, 0.25) is 0 Å². The van der Waals surface area contributed by atoms with Gasteiger partial charge in [-0.25, -0.2) is 0 Å². The first-order valence-electron chi connectivity index (χ1n) is 5.31. The molecule has 0 aliphatic rings. The minimum absolute atomic E-state index is 0.0680. The largest absolute Gasteiger partial charge is 0.457 e. The third kappa shape index (κ3) is 2.66. The summed E-state index contributed by atoms with van der Waals surface area (Å²) in [5.41, 5.74) is 0.0680. The van der Waals surface area contributed by atoms with E-state index in [0.717, 1.165) is 0 Å². The van der Waals surface area contributed by atoms with E-state index in [1.165, 1.54) is 18.2 Å². The predicted molar refractivity (Wildman–Crippen MR) is 64.7 cm³/mol. The topological polar surface area (TPSA) is 73.5 Å². The summed E-state index contributed by atoms with van der Waals surface area (Å²) in [6.45, 7) is 0. The zero-order chi connectivity index (χ0) is 13.0. The Bertz CT molecular complexity index is 573. The SMILES string of the molecule is N#CC(O)(O)c1cccc(Oc2ccccc2)c1. The molecule has 0 heterocycles. The lowest BCUT2D eigenvalue weighted by Crippen LogP contribution is -2.21. The van der Waals surface area contributed by atoms with Crippen LogP contribution in [0.4, 0.5) is 0 Å². The summed E-state index contributed by atoms with van der Waals surface area (Å²) in [7, 11) is 0. The van der Waals surface area contributed by atoms with Gasteiger partial charge in [-0.05, 0) is 24.3 Å². The number of para-hydroxylation sites is 1. The predicted octanol–water partition coefficient (Wildman–Crippen LogP) is 2.14. The van der Waals surface area contributed by atoms with E-state index in [4.69, 9.17) is 10.00 Å². The van der Waals surface area contributed by atoms with Crippen molar-refractivity contribution in [2.75, 3.05) is 0 Å².